The van der Waals surface area contributed by atoms with Crippen LogP contribution in [0, 0.1) is 5.82 Å². The van der Waals surface area contributed by atoms with E-state index in [1.807, 2.05) is 17.0 Å². The van der Waals surface area contributed by atoms with Crippen LogP contribution in [-0.4, -0.2) is 40.0 Å². The number of likely N-dealkylation sites (tertiary alicyclic amines) is 1. The lowest BCUT2D eigenvalue weighted by molar-refractivity contribution is -0.132. The van der Waals surface area contributed by atoms with Gasteiger partial charge in [-0.3, -0.25) is 4.79 Å². The van der Waals surface area contributed by atoms with E-state index in [-0.39, 0.29) is 18.0 Å². The largest absolute Gasteiger partial charge is 0.460 e. The van der Waals surface area contributed by atoms with Crippen molar-refractivity contribution in [1.29, 1.82) is 0 Å². The molecular formula is C17H17ClFN3O2. The number of aromatic nitrogens is 2. The lowest BCUT2D eigenvalue weighted by Gasteiger charge is -2.31. The van der Waals surface area contributed by atoms with Crippen LogP contribution in [0.5, 0.6) is 6.01 Å². The van der Waals surface area contributed by atoms with Gasteiger partial charge in [0.25, 0.3) is 0 Å². The predicted octanol–water partition coefficient (Wildman–Crippen LogP) is 2.88. The third-order valence-electron chi connectivity index (χ3n) is 3.93. The van der Waals surface area contributed by atoms with Crippen molar-refractivity contribution in [3.63, 3.8) is 0 Å². The fraction of sp³-hybridized carbons (Fsp3) is 0.353. The zero-order valence-corrected chi connectivity index (χ0v) is 13.7. The van der Waals surface area contributed by atoms with Crippen LogP contribution < -0.4 is 4.74 Å². The van der Waals surface area contributed by atoms with Crippen molar-refractivity contribution in [2.75, 3.05) is 13.1 Å². The van der Waals surface area contributed by atoms with Gasteiger partial charge in [-0.25, -0.2) is 14.4 Å². The smallest absolute Gasteiger partial charge is 0.316 e. The van der Waals surface area contributed by atoms with Gasteiger partial charge in [-0.05, 0) is 17.7 Å². The highest BCUT2D eigenvalue weighted by Crippen LogP contribution is 2.17. The van der Waals surface area contributed by atoms with E-state index in [2.05, 4.69) is 9.97 Å². The quantitative estimate of drug-likeness (QED) is 0.851. The Kier molecular flexibility index (Phi) is 5.25. The number of carbonyl (C=O) groups is 1. The Hall–Kier alpha value is -2.21. The van der Waals surface area contributed by atoms with Crippen LogP contribution in [0.4, 0.5) is 4.39 Å². The minimum Gasteiger partial charge on any atom is -0.460 e. The van der Waals surface area contributed by atoms with Gasteiger partial charge in [-0.15, -0.1) is 0 Å². The second-order valence-corrected chi connectivity index (χ2v) is 6.12. The van der Waals surface area contributed by atoms with Crippen LogP contribution >= 0.6 is 11.6 Å². The molecule has 0 unspecified atom stereocenters. The van der Waals surface area contributed by atoms with Crippen LogP contribution in [-0.2, 0) is 11.2 Å². The average molecular weight is 350 g/mol. The number of nitrogens with zero attached hydrogens (tertiary/aromatic N) is 3. The number of rotatable bonds is 4. The van der Waals surface area contributed by atoms with Crippen LogP contribution in [0.1, 0.15) is 18.4 Å². The maximum atomic E-state index is 12.8. The number of halogens is 2. The molecule has 0 aliphatic carbocycles. The number of piperidine rings is 1. The van der Waals surface area contributed by atoms with Crippen molar-refractivity contribution in [3.8, 4) is 6.01 Å². The number of hydrogen-bond donors (Lipinski definition) is 0. The molecule has 3 rings (SSSR count). The summed E-state index contributed by atoms with van der Waals surface area (Å²) in [5.41, 5.74) is 0.947. The van der Waals surface area contributed by atoms with Crippen molar-refractivity contribution in [3.05, 3.63) is 53.1 Å². The molecule has 2 aromatic rings. The molecule has 7 heteroatoms. The Morgan fingerprint density at radius 3 is 2.46 bits per heavy atom. The molecule has 1 aromatic carbocycles. The molecule has 0 saturated carbocycles. The van der Waals surface area contributed by atoms with Gasteiger partial charge in [0.1, 0.15) is 6.10 Å². The van der Waals surface area contributed by atoms with E-state index in [9.17, 15) is 9.18 Å². The molecule has 0 radical (unpaired) electrons. The highest BCUT2D eigenvalue weighted by atomic mass is 35.5. The van der Waals surface area contributed by atoms with Gasteiger partial charge in [0.2, 0.25) is 5.91 Å². The third kappa shape index (κ3) is 4.41. The van der Waals surface area contributed by atoms with E-state index < -0.39 is 5.82 Å². The molecule has 2 heterocycles. The summed E-state index contributed by atoms with van der Waals surface area (Å²) in [7, 11) is 0. The van der Waals surface area contributed by atoms with Gasteiger partial charge in [0.15, 0.2) is 5.82 Å². The third-order valence-corrected chi connectivity index (χ3v) is 4.18. The molecule has 0 N–H and O–H groups in total. The zero-order valence-electron chi connectivity index (χ0n) is 13.0. The molecule has 1 aliphatic rings. The van der Waals surface area contributed by atoms with Crippen LogP contribution in [0.25, 0.3) is 0 Å². The van der Waals surface area contributed by atoms with Gasteiger partial charge >= 0.3 is 6.01 Å². The molecular weight excluding hydrogens is 333 g/mol. The highest BCUT2D eigenvalue weighted by Gasteiger charge is 2.24. The first-order chi connectivity index (χ1) is 11.6. The van der Waals surface area contributed by atoms with Gasteiger partial charge in [-0.2, -0.15) is 0 Å². The van der Waals surface area contributed by atoms with Crippen LogP contribution in [0.15, 0.2) is 36.7 Å². The lowest BCUT2D eigenvalue weighted by Crippen LogP contribution is -2.42. The minimum atomic E-state index is -0.495. The molecule has 1 amide bonds. The van der Waals surface area contributed by atoms with Crippen LogP contribution in [0.2, 0.25) is 5.02 Å². The minimum absolute atomic E-state index is 0.0601. The molecule has 5 nitrogen and oxygen atoms in total. The summed E-state index contributed by atoms with van der Waals surface area (Å²) < 4.78 is 18.4. The lowest BCUT2D eigenvalue weighted by atomic mass is 10.1. The summed E-state index contributed by atoms with van der Waals surface area (Å²) in [4.78, 5) is 21.8. The number of ether oxygens (including phenoxy) is 1. The summed E-state index contributed by atoms with van der Waals surface area (Å²) >= 11 is 5.85. The summed E-state index contributed by atoms with van der Waals surface area (Å²) in [5, 5.41) is 0.659. The van der Waals surface area contributed by atoms with Crippen molar-refractivity contribution in [2.24, 2.45) is 0 Å². The fourth-order valence-electron chi connectivity index (χ4n) is 2.62. The molecule has 24 heavy (non-hydrogen) atoms. The molecule has 1 fully saturated rings. The second kappa shape index (κ2) is 7.57. The summed E-state index contributed by atoms with van der Waals surface area (Å²) in [6, 6.07) is 7.46. The molecule has 0 bridgehead atoms. The molecule has 1 saturated heterocycles. The topological polar surface area (TPSA) is 55.3 Å². The second-order valence-electron chi connectivity index (χ2n) is 5.69. The van der Waals surface area contributed by atoms with Crippen molar-refractivity contribution in [2.45, 2.75) is 25.4 Å². The van der Waals surface area contributed by atoms with E-state index in [1.54, 1.807) is 12.1 Å². The van der Waals surface area contributed by atoms with Gasteiger partial charge in [-0.1, -0.05) is 23.7 Å². The first-order valence-corrected chi connectivity index (χ1v) is 8.14. The first kappa shape index (κ1) is 16.6. The van der Waals surface area contributed by atoms with Crippen molar-refractivity contribution in [1.82, 2.24) is 14.9 Å². The number of amides is 1. The van der Waals surface area contributed by atoms with Gasteiger partial charge in [0, 0.05) is 31.0 Å². The van der Waals surface area contributed by atoms with E-state index in [1.165, 1.54) is 0 Å². The fourth-order valence-corrected chi connectivity index (χ4v) is 2.75. The maximum absolute atomic E-state index is 12.8. The number of benzene rings is 1. The zero-order chi connectivity index (χ0) is 16.9. The maximum Gasteiger partial charge on any atom is 0.316 e. The molecule has 0 atom stereocenters. The molecule has 126 valence electrons. The van der Waals surface area contributed by atoms with Gasteiger partial charge < -0.3 is 9.64 Å². The standard InChI is InChI=1S/C17H17ClFN3O2/c18-13-3-1-12(2-4-13)9-16(23)22-7-5-15(6-8-22)24-17-20-10-14(19)11-21-17/h1-4,10-11,15H,5-9H2. The highest BCUT2D eigenvalue weighted by molar-refractivity contribution is 6.30. The number of hydrogen-bond acceptors (Lipinski definition) is 4. The Labute approximate surface area is 144 Å². The Bertz CT molecular complexity index is 686. The monoisotopic (exact) mass is 349 g/mol. The van der Waals surface area contributed by atoms with Crippen LogP contribution in [0.3, 0.4) is 0 Å². The van der Waals surface area contributed by atoms with E-state index >= 15 is 0 Å². The normalized spacial score (nSPS) is 15.3. The summed E-state index contributed by atoms with van der Waals surface area (Å²) in [6.45, 7) is 1.25. The SMILES string of the molecule is O=C(Cc1ccc(Cl)cc1)N1CCC(Oc2ncc(F)cn2)CC1. The Morgan fingerprint density at radius 2 is 1.83 bits per heavy atom. The number of carbonyl (C=O) groups excluding carboxylic acids is 1. The van der Waals surface area contributed by atoms with E-state index in [0.29, 0.717) is 37.4 Å². The van der Waals surface area contributed by atoms with Crippen molar-refractivity contribution < 1.29 is 13.9 Å². The van der Waals surface area contributed by atoms with E-state index in [4.69, 9.17) is 16.3 Å². The van der Waals surface area contributed by atoms with Gasteiger partial charge in [0.05, 0.1) is 18.8 Å². The summed E-state index contributed by atoms with van der Waals surface area (Å²) in [5.74, 6) is -0.404. The van der Waals surface area contributed by atoms with Crippen molar-refractivity contribution >= 4 is 17.5 Å². The first-order valence-electron chi connectivity index (χ1n) is 7.76. The Morgan fingerprint density at radius 1 is 1.21 bits per heavy atom. The summed E-state index contributed by atoms with van der Waals surface area (Å²) in [6.07, 6.45) is 3.86. The molecule has 0 spiro atoms. The Balaban J connectivity index is 1.48. The molecule has 1 aromatic heterocycles. The van der Waals surface area contributed by atoms with E-state index in [0.717, 1.165) is 18.0 Å². The predicted molar refractivity (Wildman–Crippen MR) is 87.4 cm³/mol. The average Bonchev–Trinajstić information content (AvgIpc) is 2.59. The molecule has 1 aliphatic heterocycles.